The number of ether oxygens (including phenoxy) is 2. The number of hydrogen-bond acceptors (Lipinski definition) is 4. The van der Waals surface area contributed by atoms with E-state index < -0.39 is 0 Å². The maximum Gasteiger partial charge on any atom is 0.256 e. The summed E-state index contributed by atoms with van der Waals surface area (Å²) < 4.78 is 11.9. The minimum atomic E-state index is -0.280. The molecule has 1 fully saturated rings. The lowest BCUT2D eigenvalue weighted by atomic mass is 10.1. The number of unbranched alkanes of at least 4 members (excludes halogenated alkanes) is 3. The molecule has 0 spiro atoms. The van der Waals surface area contributed by atoms with Crippen LogP contribution in [0.2, 0.25) is 0 Å². The number of para-hydroxylation sites is 1. The predicted molar refractivity (Wildman–Crippen MR) is 125 cm³/mol. The summed E-state index contributed by atoms with van der Waals surface area (Å²) in [6.45, 7) is 4.99. The number of nitrogens with zero attached hydrogens (tertiary/aromatic N) is 1. The van der Waals surface area contributed by atoms with Gasteiger partial charge in [0.25, 0.3) is 11.8 Å². The van der Waals surface area contributed by atoms with Crippen LogP contribution >= 0.6 is 15.9 Å². The Kier molecular flexibility index (Phi) is 8.91. The van der Waals surface area contributed by atoms with Crippen LogP contribution in [0, 0.1) is 0 Å². The van der Waals surface area contributed by atoms with Gasteiger partial charge in [-0.05, 0) is 52.7 Å². The third-order valence-corrected chi connectivity index (χ3v) is 5.77. The number of morpholine rings is 1. The molecule has 7 heteroatoms. The van der Waals surface area contributed by atoms with Crippen LogP contribution in [-0.4, -0.2) is 49.6 Å². The number of halogens is 1. The van der Waals surface area contributed by atoms with Crippen molar-refractivity contribution in [3.63, 3.8) is 0 Å². The average molecular weight is 489 g/mol. The Labute approximate surface area is 192 Å². The molecule has 6 nitrogen and oxygen atoms in total. The van der Waals surface area contributed by atoms with Crippen LogP contribution < -0.4 is 10.1 Å². The zero-order valence-electron chi connectivity index (χ0n) is 17.9. The number of carbonyl (C=O) groups is 2. The van der Waals surface area contributed by atoms with Crippen LogP contribution in [0.5, 0.6) is 5.75 Å². The van der Waals surface area contributed by atoms with Crippen molar-refractivity contribution >= 4 is 33.4 Å². The van der Waals surface area contributed by atoms with Gasteiger partial charge in [-0.3, -0.25) is 9.59 Å². The number of rotatable bonds is 9. The van der Waals surface area contributed by atoms with Gasteiger partial charge >= 0.3 is 0 Å². The molecule has 2 amide bonds. The Morgan fingerprint density at radius 3 is 2.61 bits per heavy atom. The molecular weight excluding hydrogens is 460 g/mol. The normalized spacial score (nSPS) is 13.7. The first kappa shape index (κ1) is 23.3. The van der Waals surface area contributed by atoms with E-state index in [1.807, 2.05) is 0 Å². The van der Waals surface area contributed by atoms with Crippen molar-refractivity contribution in [2.24, 2.45) is 0 Å². The van der Waals surface area contributed by atoms with Crippen LogP contribution in [0.25, 0.3) is 0 Å². The number of carbonyl (C=O) groups excluding carboxylic acids is 2. The standard InChI is InChI=1S/C24H29BrN2O4/c1-2-3-4-7-14-31-22-11-10-18(17-20(22)25)23(28)26-21-9-6-5-8-19(21)24(29)27-12-15-30-16-13-27/h5-6,8-11,17H,2-4,7,12-16H2,1H3,(H,26,28). The Morgan fingerprint density at radius 2 is 1.87 bits per heavy atom. The Morgan fingerprint density at radius 1 is 1.10 bits per heavy atom. The van der Waals surface area contributed by atoms with Crippen LogP contribution in [0.4, 0.5) is 5.69 Å². The first-order valence-electron chi connectivity index (χ1n) is 10.8. The molecule has 1 saturated heterocycles. The van der Waals surface area contributed by atoms with Crippen molar-refractivity contribution in [3.8, 4) is 5.75 Å². The van der Waals surface area contributed by atoms with Gasteiger partial charge < -0.3 is 19.7 Å². The average Bonchev–Trinajstić information content (AvgIpc) is 2.80. The fourth-order valence-corrected chi connectivity index (χ4v) is 3.87. The first-order chi connectivity index (χ1) is 15.1. The zero-order chi connectivity index (χ0) is 22.1. The second-order valence-electron chi connectivity index (χ2n) is 7.46. The summed E-state index contributed by atoms with van der Waals surface area (Å²) >= 11 is 3.50. The Hall–Kier alpha value is -2.38. The van der Waals surface area contributed by atoms with E-state index in [4.69, 9.17) is 9.47 Å². The van der Waals surface area contributed by atoms with Crippen LogP contribution in [0.15, 0.2) is 46.9 Å². The topological polar surface area (TPSA) is 67.9 Å². The number of anilines is 1. The molecule has 0 aromatic heterocycles. The molecule has 3 rings (SSSR count). The lowest BCUT2D eigenvalue weighted by Gasteiger charge is -2.27. The first-order valence-corrected chi connectivity index (χ1v) is 11.6. The highest BCUT2D eigenvalue weighted by Gasteiger charge is 2.22. The van der Waals surface area contributed by atoms with E-state index in [1.54, 1.807) is 47.4 Å². The highest BCUT2D eigenvalue weighted by Crippen LogP contribution is 2.27. The fourth-order valence-electron chi connectivity index (χ4n) is 3.38. The van der Waals surface area contributed by atoms with Gasteiger partial charge in [0.15, 0.2) is 0 Å². The fraction of sp³-hybridized carbons (Fsp3) is 0.417. The maximum absolute atomic E-state index is 12.9. The highest BCUT2D eigenvalue weighted by molar-refractivity contribution is 9.10. The summed E-state index contributed by atoms with van der Waals surface area (Å²) in [7, 11) is 0. The largest absolute Gasteiger partial charge is 0.492 e. The van der Waals surface area contributed by atoms with Gasteiger partial charge in [-0.2, -0.15) is 0 Å². The van der Waals surface area contributed by atoms with Gasteiger partial charge in [-0.15, -0.1) is 0 Å². The van der Waals surface area contributed by atoms with E-state index in [0.717, 1.165) is 23.1 Å². The van der Waals surface area contributed by atoms with Crippen molar-refractivity contribution in [1.82, 2.24) is 4.90 Å². The third-order valence-electron chi connectivity index (χ3n) is 5.15. The van der Waals surface area contributed by atoms with Crippen molar-refractivity contribution in [2.75, 3.05) is 38.2 Å². The van der Waals surface area contributed by atoms with Gasteiger partial charge in [0.05, 0.1) is 35.5 Å². The van der Waals surface area contributed by atoms with Crippen molar-refractivity contribution in [2.45, 2.75) is 32.6 Å². The molecule has 2 aromatic carbocycles. The van der Waals surface area contributed by atoms with E-state index >= 15 is 0 Å². The van der Waals surface area contributed by atoms with Gasteiger partial charge in [0.1, 0.15) is 5.75 Å². The van der Waals surface area contributed by atoms with Crippen LogP contribution in [0.3, 0.4) is 0 Å². The van der Waals surface area contributed by atoms with Gasteiger partial charge in [-0.25, -0.2) is 0 Å². The maximum atomic E-state index is 12.9. The summed E-state index contributed by atoms with van der Waals surface area (Å²) in [5.41, 5.74) is 1.46. The molecule has 31 heavy (non-hydrogen) atoms. The lowest BCUT2D eigenvalue weighted by Crippen LogP contribution is -2.41. The summed E-state index contributed by atoms with van der Waals surface area (Å²) in [5, 5.41) is 2.88. The number of hydrogen-bond donors (Lipinski definition) is 1. The summed E-state index contributed by atoms with van der Waals surface area (Å²) in [6.07, 6.45) is 4.56. The molecule has 1 aliphatic rings. The third kappa shape index (κ3) is 6.55. The van der Waals surface area contributed by atoms with E-state index in [2.05, 4.69) is 28.2 Å². The van der Waals surface area contributed by atoms with E-state index in [-0.39, 0.29) is 11.8 Å². The van der Waals surface area contributed by atoms with Crippen LogP contribution in [0.1, 0.15) is 53.3 Å². The molecule has 1 N–H and O–H groups in total. The smallest absolute Gasteiger partial charge is 0.256 e. The number of nitrogens with one attached hydrogen (secondary N) is 1. The molecular formula is C24H29BrN2O4. The number of amides is 2. The molecule has 0 atom stereocenters. The van der Waals surface area contributed by atoms with E-state index in [9.17, 15) is 9.59 Å². The molecule has 0 unspecified atom stereocenters. The molecule has 0 aliphatic carbocycles. The van der Waals surface area contributed by atoms with Crippen molar-refractivity contribution < 1.29 is 19.1 Å². The molecule has 0 saturated carbocycles. The van der Waals surface area contributed by atoms with Crippen LogP contribution in [-0.2, 0) is 4.74 Å². The Bertz CT molecular complexity index is 897. The summed E-state index contributed by atoms with van der Waals surface area (Å²) in [5.74, 6) is 0.334. The van der Waals surface area contributed by atoms with Gasteiger partial charge in [-0.1, -0.05) is 38.3 Å². The molecule has 0 radical (unpaired) electrons. The monoisotopic (exact) mass is 488 g/mol. The Balaban J connectivity index is 1.65. The highest BCUT2D eigenvalue weighted by atomic mass is 79.9. The van der Waals surface area contributed by atoms with Gasteiger partial charge in [0, 0.05) is 18.7 Å². The molecule has 166 valence electrons. The molecule has 1 heterocycles. The SMILES string of the molecule is CCCCCCOc1ccc(C(=O)Nc2ccccc2C(=O)N2CCOCC2)cc1Br. The molecule has 1 aliphatic heterocycles. The van der Waals surface area contributed by atoms with Gasteiger partial charge in [0.2, 0.25) is 0 Å². The predicted octanol–water partition coefficient (Wildman–Crippen LogP) is 5.13. The van der Waals surface area contributed by atoms with E-state index in [0.29, 0.717) is 49.7 Å². The summed E-state index contributed by atoms with van der Waals surface area (Å²) in [6, 6.07) is 12.3. The summed E-state index contributed by atoms with van der Waals surface area (Å²) in [4.78, 5) is 27.5. The molecule has 0 bridgehead atoms. The second kappa shape index (κ2) is 11.9. The second-order valence-corrected chi connectivity index (χ2v) is 8.31. The quantitative estimate of drug-likeness (QED) is 0.496. The van der Waals surface area contributed by atoms with E-state index in [1.165, 1.54) is 12.8 Å². The zero-order valence-corrected chi connectivity index (χ0v) is 19.4. The molecule has 2 aromatic rings. The van der Waals surface area contributed by atoms with Crippen molar-refractivity contribution in [3.05, 3.63) is 58.1 Å². The minimum Gasteiger partial charge on any atom is -0.492 e. The number of benzene rings is 2. The lowest BCUT2D eigenvalue weighted by molar-refractivity contribution is 0.0303. The minimum absolute atomic E-state index is 0.104. The van der Waals surface area contributed by atoms with Crippen molar-refractivity contribution in [1.29, 1.82) is 0 Å².